The molecule has 0 unspecified atom stereocenters. The molecule has 0 radical (unpaired) electrons. The molecule has 1 fully saturated rings. The topological polar surface area (TPSA) is 0 Å². The van der Waals surface area contributed by atoms with Crippen molar-refractivity contribution in [3.8, 4) is 0 Å². The summed E-state index contributed by atoms with van der Waals surface area (Å²) in [5, 5.41) is 0. The van der Waals surface area contributed by atoms with Gasteiger partial charge in [-0.15, -0.1) is 0 Å². The molecule has 0 atom stereocenters. The van der Waals surface area contributed by atoms with Gasteiger partial charge in [0.25, 0.3) is 0 Å². The monoisotopic (exact) mass is 256 g/mol. The number of hydrogen-bond donors (Lipinski definition) is 0. The molecule has 1 aliphatic rings. The first-order valence-electron chi connectivity index (χ1n) is 5.08. The molecule has 0 aromatic heterocycles. The molecule has 1 aliphatic carbocycles. The highest BCUT2D eigenvalue weighted by Gasteiger charge is 2.27. The van der Waals surface area contributed by atoms with Gasteiger partial charge in [0, 0.05) is 4.47 Å². The fourth-order valence-electron chi connectivity index (χ4n) is 1.74. The van der Waals surface area contributed by atoms with Crippen molar-refractivity contribution in [2.45, 2.75) is 38.5 Å². The van der Waals surface area contributed by atoms with Gasteiger partial charge < -0.3 is 0 Å². The second-order valence-corrected chi connectivity index (χ2v) is 5.12. The van der Waals surface area contributed by atoms with E-state index >= 15 is 0 Å². The molecule has 76 valence electrons. The van der Waals surface area contributed by atoms with Gasteiger partial charge in [0.2, 0.25) is 0 Å². The molecule has 2 heteroatoms. The Kier molecular flexibility index (Phi) is 2.65. The van der Waals surface area contributed by atoms with Crippen LogP contribution in [0.5, 0.6) is 0 Å². The van der Waals surface area contributed by atoms with Gasteiger partial charge in [-0.1, -0.05) is 29.8 Å². The minimum Gasteiger partial charge on any atom is -0.207 e. The van der Waals surface area contributed by atoms with Crippen LogP contribution in [0.3, 0.4) is 0 Å². The lowest BCUT2D eigenvalue weighted by Gasteiger charge is -2.12. The summed E-state index contributed by atoms with van der Waals surface area (Å²) in [6, 6.07) is 3.31. The molecule has 2 rings (SSSR count). The molecule has 14 heavy (non-hydrogen) atoms. The van der Waals surface area contributed by atoms with Gasteiger partial charge in [0.15, 0.2) is 0 Å². The van der Waals surface area contributed by atoms with Crippen molar-refractivity contribution >= 4 is 15.9 Å². The first-order valence-corrected chi connectivity index (χ1v) is 5.87. The fraction of sp³-hybridized carbons (Fsp3) is 0.500. The Balaban J connectivity index is 2.49. The third-order valence-corrected chi connectivity index (χ3v) is 3.65. The minimum absolute atomic E-state index is 0.0983. The van der Waals surface area contributed by atoms with Gasteiger partial charge in [-0.25, -0.2) is 4.39 Å². The molecule has 1 aromatic carbocycles. The van der Waals surface area contributed by atoms with E-state index in [1.807, 2.05) is 0 Å². The van der Waals surface area contributed by atoms with E-state index in [1.165, 1.54) is 12.8 Å². The van der Waals surface area contributed by atoms with Crippen LogP contribution in [0.15, 0.2) is 16.6 Å². The Bertz CT molecular complexity index is 330. The van der Waals surface area contributed by atoms with E-state index < -0.39 is 0 Å². The van der Waals surface area contributed by atoms with Crippen LogP contribution in [-0.4, -0.2) is 0 Å². The summed E-state index contributed by atoms with van der Waals surface area (Å²) in [4.78, 5) is 0. The highest BCUT2D eigenvalue weighted by molar-refractivity contribution is 9.10. The predicted molar refractivity (Wildman–Crippen MR) is 60.2 cm³/mol. The van der Waals surface area contributed by atoms with E-state index in [9.17, 15) is 4.39 Å². The van der Waals surface area contributed by atoms with Crippen LogP contribution >= 0.6 is 15.9 Å². The van der Waals surface area contributed by atoms with Crippen molar-refractivity contribution in [1.29, 1.82) is 0 Å². The van der Waals surface area contributed by atoms with Crippen LogP contribution in [0.2, 0.25) is 0 Å². The second-order valence-electron chi connectivity index (χ2n) is 4.33. The fourth-order valence-corrected chi connectivity index (χ4v) is 2.75. The van der Waals surface area contributed by atoms with Crippen LogP contribution in [0.4, 0.5) is 4.39 Å². The number of benzene rings is 1. The molecular weight excluding hydrogens is 243 g/mol. The van der Waals surface area contributed by atoms with Gasteiger partial charge >= 0.3 is 0 Å². The van der Waals surface area contributed by atoms with Crippen molar-refractivity contribution in [3.05, 3.63) is 33.5 Å². The van der Waals surface area contributed by atoms with Gasteiger partial charge in [-0.05, 0) is 47.9 Å². The molecule has 0 amide bonds. The highest BCUT2D eigenvalue weighted by Crippen LogP contribution is 2.45. The summed E-state index contributed by atoms with van der Waals surface area (Å²) in [5.41, 5.74) is 2.25. The van der Waals surface area contributed by atoms with Crippen LogP contribution < -0.4 is 0 Å². The quantitative estimate of drug-likeness (QED) is 0.726. The zero-order valence-electron chi connectivity index (χ0n) is 8.48. The van der Waals surface area contributed by atoms with E-state index in [2.05, 4.69) is 29.8 Å². The van der Waals surface area contributed by atoms with E-state index in [4.69, 9.17) is 0 Å². The zero-order valence-corrected chi connectivity index (χ0v) is 10.1. The van der Waals surface area contributed by atoms with Gasteiger partial charge in [-0.2, -0.15) is 0 Å². The predicted octanol–water partition coefficient (Wildman–Crippen LogP) is 4.59. The second kappa shape index (κ2) is 3.65. The molecular formula is C12H14BrF. The first kappa shape index (κ1) is 10.2. The van der Waals surface area contributed by atoms with Gasteiger partial charge in [0.1, 0.15) is 5.82 Å². The maximum atomic E-state index is 13.3. The number of halogens is 2. The maximum absolute atomic E-state index is 13.3. The van der Waals surface area contributed by atoms with Gasteiger partial charge in [-0.3, -0.25) is 0 Å². The Morgan fingerprint density at radius 2 is 2.00 bits per heavy atom. The normalized spacial score (nSPS) is 16.4. The molecule has 0 aliphatic heterocycles. The number of rotatable bonds is 2. The third kappa shape index (κ3) is 1.85. The molecule has 0 heterocycles. The van der Waals surface area contributed by atoms with Crippen molar-refractivity contribution in [1.82, 2.24) is 0 Å². The summed E-state index contributed by atoms with van der Waals surface area (Å²) in [7, 11) is 0. The summed E-state index contributed by atoms with van der Waals surface area (Å²) in [6.45, 7) is 4.19. The van der Waals surface area contributed by atoms with E-state index in [0.717, 1.165) is 15.6 Å². The lowest BCUT2D eigenvalue weighted by molar-refractivity contribution is 0.619. The van der Waals surface area contributed by atoms with Crippen molar-refractivity contribution in [3.63, 3.8) is 0 Å². The molecule has 0 nitrogen and oxygen atoms in total. The minimum atomic E-state index is -0.0983. The van der Waals surface area contributed by atoms with Crippen molar-refractivity contribution < 1.29 is 4.39 Å². The van der Waals surface area contributed by atoms with Crippen LogP contribution in [0.1, 0.15) is 49.7 Å². The van der Waals surface area contributed by atoms with E-state index in [1.54, 1.807) is 12.1 Å². The first-order chi connectivity index (χ1) is 6.59. The largest absolute Gasteiger partial charge is 0.207 e. The smallest absolute Gasteiger partial charge is 0.123 e. The molecule has 1 saturated carbocycles. The highest BCUT2D eigenvalue weighted by atomic mass is 79.9. The summed E-state index contributed by atoms with van der Waals surface area (Å²) >= 11 is 3.59. The van der Waals surface area contributed by atoms with Crippen LogP contribution in [0, 0.1) is 5.82 Å². The molecule has 1 aromatic rings. The Hall–Kier alpha value is -0.370. The molecule has 0 N–H and O–H groups in total. The van der Waals surface area contributed by atoms with E-state index in [0.29, 0.717) is 11.8 Å². The van der Waals surface area contributed by atoms with Gasteiger partial charge in [0.05, 0.1) is 0 Å². The molecule has 0 saturated heterocycles. The summed E-state index contributed by atoms with van der Waals surface area (Å²) < 4.78 is 14.5. The summed E-state index contributed by atoms with van der Waals surface area (Å²) in [5.74, 6) is 0.869. The SMILES string of the molecule is CC(C)c1cc(F)cc(C2CC2)c1Br. The van der Waals surface area contributed by atoms with E-state index in [-0.39, 0.29) is 5.82 Å². The Morgan fingerprint density at radius 3 is 2.50 bits per heavy atom. The van der Waals surface area contributed by atoms with Crippen molar-refractivity contribution in [2.75, 3.05) is 0 Å². The Morgan fingerprint density at radius 1 is 1.36 bits per heavy atom. The molecule has 0 bridgehead atoms. The lowest BCUT2D eigenvalue weighted by Crippen LogP contribution is -1.95. The Labute approximate surface area is 92.6 Å². The van der Waals surface area contributed by atoms with Crippen LogP contribution in [-0.2, 0) is 0 Å². The number of hydrogen-bond acceptors (Lipinski definition) is 0. The third-order valence-electron chi connectivity index (χ3n) is 2.73. The zero-order chi connectivity index (χ0) is 10.3. The molecule has 0 spiro atoms. The average Bonchev–Trinajstić information content (AvgIpc) is 2.91. The van der Waals surface area contributed by atoms with Crippen LogP contribution in [0.25, 0.3) is 0 Å². The summed E-state index contributed by atoms with van der Waals surface area (Å²) in [6.07, 6.45) is 2.42. The standard InChI is InChI=1S/C12H14BrF/c1-7(2)10-5-9(14)6-11(12(10)13)8-3-4-8/h5-8H,3-4H2,1-2H3. The van der Waals surface area contributed by atoms with Crippen molar-refractivity contribution in [2.24, 2.45) is 0 Å². The lowest BCUT2D eigenvalue weighted by atomic mass is 9.99. The average molecular weight is 257 g/mol. The maximum Gasteiger partial charge on any atom is 0.123 e.